The molecule has 0 bridgehead atoms. The van der Waals surface area contributed by atoms with E-state index in [1.165, 1.54) is 12.1 Å². The summed E-state index contributed by atoms with van der Waals surface area (Å²) in [4.78, 5) is 25.5. The number of rotatable bonds is 5. The highest BCUT2D eigenvalue weighted by Gasteiger charge is 2.22. The molecule has 0 saturated carbocycles. The Labute approximate surface area is 151 Å². The predicted octanol–water partition coefficient (Wildman–Crippen LogP) is 3.25. The third-order valence-corrected chi connectivity index (χ3v) is 4.38. The molecule has 0 atom stereocenters. The molecule has 1 aliphatic rings. The number of nitro groups is 1. The van der Waals surface area contributed by atoms with Gasteiger partial charge >= 0.3 is 0 Å². The molecule has 2 aromatic rings. The Hall–Kier alpha value is -2.93. The molecule has 2 aromatic carbocycles. The summed E-state index contributed by atoms with van der Waals surface area (Å²) in [6.07, 6.45) is 0.861. The lowest BCUT2D eigenvalue weighted by molar-refractivity contribution is -0.384. The molecule has 0 spiro atoms. The number of ether oxygens (including phenoxy) is 1. The molecule has 1 N–H and O–H groups in total. The average molecular weight is 355 g/mol. The maximum absolute atomic E-state index is 12.9. The minimum atomic E-state index is -0.489. The van der Waals surface area contributed by atoms with E-state index in [-0.39, 0.29) is 11.6 Å². The van der Waals surface area contributed by atoms with Gasteiger partial charge in [-0.1, -0.05) is 19.1 Å². The van der Waals surface area contributed by atoms with Gasteiger partial charge in [-0.2, -0.15) is 0 Å². The lowest BCUT2D eigenvalue weighted by atomic mass is 10.1. The Morgan fingerprint density at radius 1 is 1.23 bits per heavy atom. The maximum atomic E-state index is 12.9. The van der Waals surface area contributed by atoms with E-state index in [1.807, 2.05) is 36.1 Å². The quantitative estimate of drug-likeness (QED) is 0.657. The molecule has 3 rings (SSSR count). The van der Waals surface area contributed by atoms with Crippen LogP contribution in [-0.2, 0) is 11.2 Å². The molecule has 1 aliphatic heterocycles. The number of nitrogens with one attached hydrogen (secondary N) is 1. The smallest absolute Gasteiger partial charge is 0.270 e. The molecule has 1 fully saturated rings. The molecule has 1 saturated heterocycles. The van der Waals surface area contributed by atoms with Gasteiger partial charge in [0.25, 0.3) is 11.6 Å². The normalized spacial score (nSPS) is 14.1. The van der Waals surface area contributed by atoms with Crippen molar-refractivity contribution in [2.75, 3.05) is 36.5 Å². The van der Waals surface area contributed by atoms with Crippen LogP contribution in [-0.4, -0.2) is 37.1 Å². The van der Waals surface area contributed by atoms with E-state index >= 15 is 0 Å². The van der Waals surface area contributed by atoms with Gasteiger partial charge in [-0.3, -0.25) is 14.9 Å². The summed E-state index contributed by atoms with van der Waals surface area (Å²) in [5.74, 6) is -0.358. The molecule has 0 aliphatic carbocycles. The Balaban J connectivity index is 1.92. The van der Waals surface area contributed by atoms with E-state index in [9.17, 15) is 14.9 Å². The van der Waals surface area contributed by atoms with E-state index in [1.54, 1.807) is 6.07 Å². The van der Waals surface area contributed by atoms with E-state index in [4.69, 9.17) is 4.74 Å². The van der Waals surface area contributed by atoms with Crippen molar-refractivity contribution in [1.82, 2.24) is 0 Å². The number of non-ortho nitro benzene ring substituents is 1. The molecular weight excluding hydrogens is 334 g/mol. The summed E-state index contributed by atoms with van der Waals surface area (Å²) >= 11 is 0. The van der Waals surface area contributed by atoms with Crippen LogP contribution in [0.25, 0.3) is 0 Å². The van der Waals surface area contributed by atoms with Gasteiger partial charge in [-0.05, 0) is 30.2 Å². The Morgan fingerprint density at radius 3 is 2.69 bits per heavy atom. The van der Waals surface area contributed by atoms with Crippen LogP contribution in [0.1, 0.15) is 22.8 Å². The van der Waals surface area contributed by atoms with Crippen LogP contribution >= 0.6 is 0 Å². The first-order valence-corrected chi connectivity index (χ1v) is 8.60. The summed E-state index contributed by atoms with van der Waals surface area (Å²) in [5.41, 5.74) is 2.66. The van der Waals surface area contributed by atoms with Gasteiger partial charge in [0.15, 0.2) is 0 Å². The number of hydrogen-bond acceptors (Lipinski definition) is 5. The molecule has 0 unspecified atom stereocenters. The highest BCUT2D eigenvalue weighted by atomic mass is 16.6. The van der Waals surface area contributed by atoms with Crippen LogP contribution in [0.15, 0.2) is 42.5 Å². The summed E-state index contributed by atoms with van der Waals surface area (Å²) in [6.45, 7) is 4.46. The third-order valence-electron chi connectivity index (χ3n) is 4.38. The number of carbonyl (C=O) groups is 1. The number of morpholine rings is 1. The summed E-state index contributed by atoms with van der Waals surface area (Å²) in [7, 11) is 0. The van der Waals surface area contributed by atoms with Crippen molar-refractivity contribution in [1.29, 1.82) is 0 Å². The van der Waals surface area contributed by atoms with Crippen molar-refractivity contribution >= 4 is 23.0 Å². The number of hydrogen-bond donors (Lipinski definition) is 1. The zero-order valence-corrected chi connectivity index (χ0v) is 14.6. The molecule has 0 radical (unpaired) electrons. The number of aryl methyl sites for hydroxylation is 1. The number of carbonyl (C=O) groups excluding carboxylic acids is 1. The molecular formula is C19H21N3O4. The molecule has 136 valence electrons. The van der Waals surface area contributed by atoms with Crippen molar-refractivity contribution in [3.05, 3.63) is 63.7 Å². The standard InChI is InChI=1S/C19H21N3O4/c1-2-14-4-3-5-15(12-14)20-19(23)17-13-16(22(24)25)6-7-18(17)21-8-10-26-11-9-21/h3-7,12-13H,2,8-11H2,1H3,(H,20,23). The molecule has 1 amide bonds. The lowest BCUT2D eigenvalue weighted by Crippen LogP contribution is -2.37. The first kappa shape index (κ1) is 17.9. The van der Waals surface area contributed by atoms with E-state index in [0.29, 0.717) is 43.2 Å². The van der Waals surface area contributed by atoms with Gasteiger partial charge in [-0.15, -0.1) is 0 Å². The monoisotopic (exact) mass is 355 g/mol. The van der Waals surface area contributed by atoms with Crippen molar-refractivity contribution < 1.29 is 14.5 Å². The number of anilines is 2. The van der Waals surface area contributed by atoms with Crippen molar-refractivity contribution in [3.8, 4) is 0 Å². The van der Waals surface area contributed by atoms with Gasteiger partial charge in [0.2, 0.25) is 0 Å². The van der Waals surface area contributed by atoms with Crippen molar-refractivity contribution in [3.63, 3.8) is 0 Å². The van der Waals surface area contributed by atoms with Crippen LogP contribution in [0.5, 0.6) is 0 Å². The fourth-order valence-corrected chi connectivity index (χ4v) is 2.97. The fourth-order valence-electron chi connectivity index (χ4n) is 2.97. The van der Waals surface area contributed by atoms with E-state index in [2.05, 4.69) is 5.32 Å². The largest absolute Gasteiger partial charge is 0.378 e. The van der Waals surface area contributed by atoms with Gasteiger partial charge in [0, 0.05) is 30.9 Å². The molecule has 1 heterocycles. The van der Waals surface area contributed by atoms with Crippen molar-refractivity contribution in [2.45, 2.75) is 13.3 Å². The number of nitro benzene ring substituents is 1. The second-order valence-corrected chi connectivity index (χ2v) is 6.07. The third kappa shape index (κ3) is 4.00. The zero-order chi connectivity index (χ0) is 18.5. The first-order valence-electron chi connectivity index (χ1n) is 8.60. The van der Waals surface area contributed by atoms with Crippen LogP contribution in [0, 0.1) is 10.1 Å². The van der Waals surface area contributed by atoms with E-state index in [0.717, 1.165) is 12.0 Å². The second-order valence-electron chi connectivity index (χ2n) is 6.07. The summed E-state index contributed by atoms with van der Waals surface area (Å²) in [5, 5.41) is 14.0. The summed E-state index contributed by atoms with van der Waals surface area (Å²) < 4.78 is 5.35. The SMILES string of the molecule is CCc1cccc(NC(=O)c2cc([N+](=O)[O-])ccc2N2CCOCC2)c1. The van der Waals surface area contributed by atoms with Crippen LogP contribution < -0.4 is 10.2 Å². The highest BCUT2D eigenvalue weighted by Crippen LogP contribution is 2.27. The molecule has 7 nitrogen and oxygen atoms in total. The van der Waals surface area contributed by atoms with Crippen molar-refractivity contribution in [2.24, 2.45) is 0 Å². The minimum absolute atomic E-state index is 0.102. The number of amides is 1. The second kappa shape index (κ2) is 7.97. The first-order chi connectivity index (χ1) is 12.6. The Morgan fingerprint density at radius 2 is 2.00 bits per heavy atom. The lowest BCUT2D eigenvalue weighted by Gasteiger charge is -2.30. The van der Waals surface area contributed by atoms with Gasteiger partial charge in [-0.25, -0.2) is 0 Å². The maximum Gasteiger partial charge on any atom is 0.270 e. The van der Waals surface area contributed by atoms with Crippen LogP contribution in [0.2, 0.25) is 0 Å². The minimum Gasteiger partial charge on any atom is -0.378 e. The topological polar surface area (TPSA) is 84.7 Å². The molecule has 26 heavy (non-hydrogen) atoms. The number of nitrogens with zero attached hydrogens (tertiary/aromatic N) is 2. The summed E-state index contributed by atoms with van der Waals surface area (Å²) in [6, 6.07) is 12.0. The van der Waals surface area contributed by atoms with Crippen LogP contribution in [0.4, 0.5) is 17.1 Å². The Kier molecular flexibility index (Phi) is 5.48. The van der Waals surface area contributed by atoms with Gasteiger partial charge in [0.05, 0.1) is 29.4 Å². The molecule has 0 aromatic heterocycles. The van der Waals surface area contributed by atoms with Gasteiger partial charge < -0.3 is 15.0 Å². The highest BCUT2D eigenvalue weighted by molar-refractivity contribution is 6.08. The number of benzene rings is 2. The van der Waals surface area contributed by atoms with Gasteiger partial charge in [0.1, 0.15) is 0 Å². The average Bonchev–Trinajstić information content (AvgIpc) is 2.68. The molecule has 7 heteroatoms. The predicted molar refractivity (Wildman–Crippen MR) is 99.9 cm³/mol. The zero-order valence-electron chi connectivity index (χ0n) is 14.6. The fraction of sp³-hybridized carbons (Fsp3) is 0.316. The Bertz CT molecular complexity index is 816. The van der Waals surface area contributed by atoms with E-state index < -0.39 is 4.92 Å². The van der Waals surface area contributed by atoms with Crippen LogP contribution in [0.3, 0.4) is 0 Å².